The number of benzene rings is 1. The van der Waals surface area contributed by atoms with E-state index in [2.05, 4.69) is 20.1 Å². The van der Waals surface area contributed by atoms with Gasteiger partial charge in [-0.2, -0.15) is 0 Å². The third-order valence-electron chi connectivity index (χ3n) is 4.65. The zero-order valence-electron chi connectivity index (χ0n) is 15.4. The predicted octanol–water partition coefficient (Wildman–Crippen LogP) is 2.63. The number of aromatic nitrogens is 1. The molecule has 0 bridgehead atoms. The minimum atomic E-state index is -0.174. The molecule has 1 aliphatic rings. The molecule has 2 aromatic rings. The van der Waals surface area contributed by atoms with Gasteiger partial charge in [-0.15, -0.1) is 0 Å². The van der Waals surface area contributed by atoms with Crippen LogP contribution in [0.25, 0.3) is 0 Å². The van der Waals surface area contributed by atoms with Gasteiger partial charge in [0.1, 0.15) is 11.6 Å². The Balaban J connectivity index is 1.51. The summed E-state index contributed by atoms with van der Waals surface area (Å²) in [6, 6.07) is 13.3. The van der Waals surface area contributed by atoms with Gasteiger partial charge in [0.05, 0.1) is 12.6 Å². The highest BCUT2D eigenvalue weighted by Gasteiger charge is 2.26. The van der Waals surface area contributed by atoms with Crippen molar-refractivity contribution in [3.63, 3.8) is 0 Å². The monoisotopic (exact) mass is 354 g/mol. The van der Waals surface area contributed by atoms with Gasteiger partial charge in [-0.05, 0) is 50.2 Å². The first kappa shape index (κ1) is 18.2. The van der Waals surface area contributed by atoms with Crippen LogP contribution < -0.4 is 15.0 Å². The minimum absolute atomic E-state index is 0.0143. The first-order valence-electron chi connectivity index (χ1n) is 9.11. The van der Waals surface area contributed by atoms with Crippen molar-refractivity contribution in [2.45, 2.75) is 19.9 Å². The minimum Gasteiger partial charge on any atom is -0.494 e. The Hall–Kier alpha value is -2.60. The molecule has 0 spiro atoms. The lowest BCUT2D eigenvalue weighted by Crippen LogP contribution is -2.53. The highest BCUT2D eigenvalue weighted by atomic mass is 16.5. The van der Waals surface area contributed by atoms with Crippen molar-refractivity contribution in [1.82, 2.24) is 9.88 Å². The number of carbonyl (C=O) groups is 1. The molecule has 1 aromatic heterocycles. The van der Waals surface area contributed by atoms with Crippen molar-refractivity contribution in [3.8, 4) is 5.75 Å². The molecule has 1 saturated heterocycles. The first-order valence-corrected chi connectivity index (χ1v) is 9.11. The molecule has 6 heteroatoms. The maximum Gasteiger partial charge on any atom is 0.241 e. The van der Waals surface area contributed by atoms with Crippen LogP contribution in [0, 0.1) is 0 Å². The lowest BCUT2D eigenvalue weighted by Gasteiger charge is -2.37. The Morgan fingerprint density at radius 1 is 1.15 bits per heavy atom. The fourth-order valence-corrected chi connectivity index (χ4v) is 3.09. The van der Waals surface area contributed by atoms with Crippen LogP contribution in [-0.4, -0.2) is 54.6 Å². The normalized spacial score (nSPS) is 16.2. The second kappa shape index (κ2) is 8.67. The van der Waals surface area contributed by atoms with E-state index in [0.29, 0.717) is 6.61 Å². The molecular weight excluding hydrogens is 328 g/mol. The van der Waals surface area contributed by atoms with Crippen LogP contribution in [0.5, 0.6) is 5.75 Å². The van der Waals surface area contributed by atoms with Gasteiger partial charge in [0, 0.05) is 38.1 Å². The first-order chi connectivity index (χ1) is 12.7. The summed E-state index contributed by atoms with van der Waals surface area (Å²) >= 11 is 0. The lowest BCUT2D eigenvalue weighted by molar-refractivity contribution is -0.120. The highest BCUT2D eigenvalue weighted by molar-refractivity contribution is 5.94. The zero-order chi connectivity index (χ0) is 18.4. The van der Waals surface area contributed by atoms with Crippen LogP contribution in [0.3, 0.4) is 0 Å². The summed E-state index contributed by atoms with van der Waals surface area (Å²) in [5.74, 6) is 1.82. The number of ether oxygens (including phenoxy) is 1. The van der Waals surface area contributed by atoms with Crippen molar-refractivity contribution in [3.05, 3.63) is 48.7 Å². The summed E-state index contributed by atoms with van der Waals surface area (Å²) in [5, 5.41) is 2.99. The molecule has 0 aliphatic carbocycles. The van der Waals surface area contributed by atoms with E-state index in [1.54, 1.807) is 0 Å². The Bertz CT molecular complexity index is 698. The lowest BCUT2D eigenvalue weighted by atomic mass is 10.2. The molecule has 3 rings (SSSR count). The number of hydrogen-bond donors (Lipinski definition) is 1. The molecule has 0 radical (unpaired) electrons. The van der Waals surface area contributed by atoms with Crippen LogP contribution in [0.4, 0.5) is 11.5 Å². The number of pyridine rings is 1. The fourth-order valence-electron chi connectivity index (χ4n) is 3.09. The molecule has 1 amide bonds. The van der Waals surface area contributed by atoms with E-state index in [1.807, 2.05) is 62.5 Å². The van der Waals surface area contributed by atoms with Crippen LogP contribution in [-0.2, 0) is 4.79 Å². The molecule has 1 atom stereocenters. The maximum atomic E-state index is 12.6. The molecule has 6 nitrogen and oxygen atoms in total. The molecule has 1 N–H and O–H groups in total. The van der Waals surface area contributed by atoms with Crippen LogP contribution in [0.1, 0.15) is 13.8 Å². The topological polar surface area (TPSA) is 57.7 Å². The second-order valence-corrected chi connectivity index (χ2v) is 6.33. The number of anilines is 2. The standard InChI is InChI=1S/C20H26N4O2/c1-3-26-18-9-7-17(8-10-18)22-20(25)16(2)23-12-14-24(15-13-23)19-6-4-5-11-21-19/h4-11,16H,3,12-15H2,1-2H3,(H,22,25)/t16-/m0/s1. The average molecular weight is 354 g/mol. The molecule has 2 heterocycles. The SMILES string of the molecule is CCOc1ccc(NC(=O)[C@H](C)N2CCN(c3ccccn3)CC2)cc1. The zero-order valence-corrected chi connectivity index (χ0v) is 15.4. The third kappa shape index (κ3) is 4.52. The third-order valence-corrected chi connectivity index (χ3v) is 4.65. The molecule has 138 valence electrons. The summed E-state index contributed by atoms with van der Waals surface area (Å²) in [4.78, 5) is 21.4. The highest BCUT2D eigenvalue weighted by Crippen LogP contribution is 2.17. The molecule has 1 fully saturated rings. The Morgan fingerprint density at radius 2 is 1.88 bits per heavy atom. The molecule has 1 aromatic carbocycles. The Morgan fingerprint density at radius 3 is 2.50 bits per heavy atom. The Kier molecular flexibility index (Phi) is 6.07. The van der Waals surface area contributed by atoms with Crippen LogP contribution in [0.15, 0.2) is 48.7 Å². The van der Waals surface area contributed by atoms with Gasteiger partial charge < -0.3 is 15.0 Å². The van der Waals surface area contributed by atoms with Crippen molar-refractivity contribution < 1.29 is 9.53 Å². The van der Waals surface area contributed by atoms with Gasteiger partial charge >= 0.3 is 0 Å². The van der Waals surface area contributed by atoms with E-state index in [9.17, 15) is 4.79 Å². The predicted molar refractivity (Wildman–Crippen MR) is 104 cm³/mol. The number of rotatable bonds is 6. The van der Waals surface area contributed by atoms with Crippen molar-refractivity contribution in [1.29, 1.82) is 0 Å². The second-order valence-electron chi connectivity index (χ2n) is 6.33. The van der Waals surface area contributed by atoms with Crippen LogP contribution in [0.2, 0.25) is 0 Å². The van der Waals surface area contributed by atoms with E-state index in [0.717, 1.165) is 43.4 Å². The van der Waals surface area contributed by atoms with Crippen LogP contribution >= 0.6 is 0 Å². The number of nitrogens with zero attached hydrogens (tertiary/aromatic N) is 3. The number of piperazine rings is 1. The summed E-state index contributed by atoms with van der Waals surface area (Å²) in [5.41, 5.74) is 0.789. The molecular formula is C20H26N4O2. The smallest absolute Gasteiger partial charge is 0.241 e. The van der Waals surface area contributed by atoms with Crippen molar-refractivity contribution >= 4 is 17.4 Å². The van der Waals surface area contributed by atoms with E-state index in [-0.39, 0.29) is 11.9 Å². The largest absolute Gasteiger partial charge is 0.494 e. The van der Waals surface area contributed by atoms with E-state index >= 15 is 0 Å². The fraction of sp³-hybridized carbons (Fsp3) is 0.400. The Labute approximate surface area is 154 Å². The summed E-state index contributed by atoms with van der Waals surface area (Å²) in [6.45, 7) is 7.97. The van der Waals surface area contributed by atoms with E-state index in [1.165, 1.54) is 0 Å². The molecule has 26 heavy (non-hydrogen) atoms. The van der Waals surface area contributed by atoms with Gasteiger partial charge in [0.2, 0.25) is 5.91 Å². The van der Waals surface area contributed by atoms with Crippen molar-refractivity contribution in [2.24, 2.45) is 0 Å². The number of nitrogens with one attached hydrogen (secondary N) is 1. The number of hydrogen-bond acceptors (Lipinski definition) is 5. The quantitative estimate of drug-likeness (QED) is 0.864. The number of amides is 1. The molecule has 0 unspecified atom stereocenters. The summed E-state index contributed by atoms with van der Waals surface area (Å²) < 4.78 is 5.42. The van der Waals surface area contributed by atoms with Gasteiger partial charge in [0.25, 0.3) is 0 Å². The number of carbonyl (C=O) groups excluding carboxylic acids is 1. The average Bonchev–Trinajstić information content (AvgIpc) is 2.70. The van der Waals surface area contributed by atoms with Gasteiger partial charge in [-0.25, -0.2) is 4.98 Å². The van der Waals surface area contributed by atoms with E-state index < -0.39 is 0 Å². The van der Waals surface area contributed by atoms with Gasteiger partial charge in [0.15, 0.2) is 0 Å². The van der Waals surface area contributed by atoms with Gasteiger partial charge in [-0.1, -0.05) is 6.07 Å². The maximum absolute atomic E-state index is 12.6. The van der Waals surface area contributed by atoms with Gasteiger partial charge in [-0.3, -0.25) is 9.69 Å². The summed E-state index contributed by atoms with van der Waals surface area (Å²) in [7, 11) is 0. The van der Waals surface area contributed by atoms with Crippen molar-refractivity contribution in [2.75, 3.05) is 43.0 Å². The van der Waals surface area contributed by atoms with E-state index in [4.69, 9.17) is 4.74 Å². The summed E-state index contributed by atoms with van der Waals surface area (Å²) in [6.07, 6.45) is 1.81. The molecule has 0 saturated carbocycles. The molecule has 1 aliphatic heterocycles.